The Balaban J connectivity index is 1.75. The van der Waals surface area contributed by atoms with E-state index in [9.17, 15) is 0 Å². The van der Waals surface area contributed by atoms with Crippen molar-refractivity contribution in [2.45, 2.75) is 31.7 Å². The Bertz CT molecular complexity index is 541. The molecule has 1 atom stereocenters. The highest BCUT2D eigenvalue weighted by Gasteiger charge is 2.30. The van der Waals surface area contributed by atoms with E-state index in [1.807, 2.05) is 44.2 Å². The first-order valence-electron chi connectivity index (χ1n) is 7.26. The summed E-state index contributed by atoms with van der Waals surface area (Å²) >= 11 is 0. The fourth-order valence-corrected chi connectivity index (χ4v) is 2.47. The number of ether oxygens (including phenoxy) is 2. The number of hydrogen-bond acceptors (Lipinski definition) is 4. The van der Waals surface area contributed by atoms with Crippen molar-refractivity contribution in [3.8, 4) is 0 Å². The summed E-state index contributed by atoms with van der Waals surface area (Å²) in [5.41, 5.74) is 1.16. The van der Waals surface area contributed by atoms with Gasteiger partial charge in [0, 0.05) is 0 Å². The molecule has 1 saturated heterocycles. The summed E-state index contributed by atoms with van der Waals surface area (Å²) in [5, 5.41) is 3.57. The molecule has 3 rings (SSSR count). The van der Waals surface area contributed by atoms with Crippen molar-refractivity contribution in [3.05, 3.63) is 60.1 Å². The van der Waals surface area contributed by atoms with Gasteiger partial charge < -0.3 is 13.9 Å². The molecule has 4 heteroatoms. The molecule has 4 nitrogen and oxygen atoms in total. The van der Waals surface area contributed by atoms with E-state index in [4.69, 9.17) is 13.9 Å². The van der Waals surface area contributed by atoms with Crippen molar-refractivity contribution >= 4 is 0 Å². The molecule has 0 amide bonds. The Kier molecular flexibility index (Phi) is 4.10. The van der Waals surface area contributed by atoms with Gasteiger partial charge in [-0.15, -0.1) is 0 Å². The molecule has 112 valence electrons. The maximum absolute atomic E-state index is 5.72. The average Bonchev–Trinajstić information content (AvgIpc) is 3.01. The Morgan fingerprint density at radius 2 is 1.76 bits per heavy atom. The van der Waals surface area contributed by atoms with E-state index in [0.29, 0.717) is 13.2 Å². The van der Waals surface area contributed by atoms with Crippen LogP contribution >= 0.6 is 0 Å². The van der Waals surface area contributed by atoms with Crippen LogP contribution in [0.5, 0.6) is 0 Å². The van der Waals surface area contributed by atoms with Gasteiger partial charge in [-0.25, -0.2) is 0 Å². The van der Waals surface area contributed by atoms with Crippen LogP contribution in [0.4, 0.5) is 0 Å². The van der Waals surface area contributed by atoms with E-state index in [1.54, 1.807) is 6.26 Å². The molecule has 21 heavy (non-hydrogen) atoms. The van der Waals surface area contributed by atoms with Gasteiger partial charge in [-0.1, -0.05) is 30.3 Å². The Morgan fingerprint density at radius 3 is 2.38 bits per heavy atom. The average molecular weight is 287 g/mol. The molecule has 0 spiro atoms. The van der Waals surface area contributed by atoms with Gasteiger partial charge in [-0.2, -0.15) is 0 Å². The molecule has 1 aromatic carbocycles. The fraction of sp³-hybridized carbons (Fsp3) is 0.412. The Hall–Kier alpha value is -1.62. The highest BCUT2D eigenvalue weighted by molar-refractivity contribution is 5.26. The van der Waals surface area contributed by atoms with Crippen molar-refractivity contribution in [3.63, 3.8) is 0 Å². The van der Waals surface area contributed by atoms with Crippen LogP contribution in [-0.2, 0) is 9.47 Å². The zero-order valence-corrected chi connectivity index (χ0v) is 12.4. The topological polar surface area (TPSA) is 43.6 Å². The van der Waals surface area contributed by atoms with Gasteiger partial charge in [0.05, 0.1) is 31.6 Å². The van der Waals surface area contributed by atoms with Crippen LogP contribution in [0.15, 0.2) is 53.1 Å². The quantitative estimate of drug-likeness (QED) is 0.938. The highest BCUT2D eigenvalue weighted by Crippen LogP contribution is 2.25. The molecule has 0 radical (unpaired) electrons. The molecule has 2 aromatic rings. The Morgan fingerprint density at radius 1 is 1.05 bits per heavy atom. The SMILES string of the molecule is CC1(C)OCC(NC(c2ccccc2)c2ccco2)CO1. The first-order valence-corrected chi connectivity index (χ1v) is 7.26. The van der Waals surface area contributed by atoms with Crippen molar-refractivity contribution < 1.29 is 13.9 Å². The number of rotatable bonds is 4. The van der Waals surface area contributed by atoms with Crippen LogP contribution in [0.2, 0.25) is 0 Å². The summed E-state index contributed by atoms with van der Waals surface area (Å²) in [4.78, 5) is 0. The van der Waals surface area contributed by atoms with E-state index < -0.39 is 5.79 Å². The molecule has 1 aliphatic heterocycles. The minimum Gasteiger partial charge on any atom is -0.467 e. The second kappa shape index (κ2) is 6.02. The largest absolute Gasteiger partial charge is 0.467 e. The first-order chi connectivity index (χ1) is 10.1. The zero-order valence-electron chi connectivity index (χ0n) is 12.4. The number of benzene rings is 1. The highest BCUT2D eigenvalue weighted by atomic mass is 16.7. The summed E-state index contributed by atoms with van der Waals surface area (Å²) < 4.78 is 17.0. The number of furan rings is 1. The number of hydrogen-bond donors (Lipinski definition) is 1. The molecule has 1 aromatic heterocycles. The molecule has 0 saturated carbocycles. The molecule has 0 aliphatic carbocycles. The summed E-state index contributed by atoms with van der Waals surface area (Å²) in [6.07, 6.45) is 1.70. The maximum Gasteiger partial charge on any atom is 0.162 e. The molecule has 1 unspecified atom stereocenters. The minimum absolute atomic E-state index is 0.000359. The van der Waals surface area contributed by atoms with Crippen LogP contribution in [0.1, 0.15) is 31.2 Å². The molecule has 1 fully saturated rings. The zero-order chi connectivity index (χ0) is 14.7. The smallest absolute Gasteiger partial charge is 0.162 e. The number of nitrogens with one attached hydrogen (secondary N) is 1. The lowest BCUT2D eigenvalue weighted by atomic mass is 10.0. The van der Waals surface area contributed by atoms with Gasteiger partial charge in [0.25, 0.3) is 0 Å². The van der Waals surface area contributed by atoms with Crippen LogP contribution in [-0.4, -0.2) is 25.0 Å². The van der Waals surface area contributed by atoms with E-state index in [-0.39, 0.29) is 12.1 Å². The van der Waals surface area contributed by atoms with E-state index >= 15 is 0 Å². The fourth-order valence-electron chi connectivity index (χ4n) is 2.47. The van der Waals surface area contributed by atoms with Crippen molar-refractivity contribution in [2.24, 2.45) is 0 Å². The third kappa shape index (κ3) is 3.53. The second-order valence-corrected chi connectivity index (χ2v) is 5.74. The molecular formula is C17H21NO3. The lowest BCUT2D eigenvalue weighted by Gasteiger charge is -2.36. The van der Waals surface area contributed by atoms with Gasteiger partial charge in [-0.3, -0.25) is 5.32 Å². The molecule has 1 aliphatic rings. The first kappa shape index (κ1) is 14.3. The van der Waals surface area contributed by atoms with Crippen molar-refractivity contribution in [1.29, 1.82) is 0 Å². The standard InChI is InChI=1S/C17H21NO3/c1-17(2)20-11-14(12-21-17)18-16(15-9-6-10-19-15)13-7-4-3-5-8-13/h3-10,14,16,18H,11-12H2,1-2H3. The van der Waals surface area contributed by atoms with Crippen molar-refractivity contribution in [1.82, 2.24) is 5.32 Å². The van der Waals surface area contributed by atoms with Crippen LogP contribution < -0.4 is 5.32 Å². The summed E-state index contributed by atoms with van der Waals surface area (Å²) in [5.74, 6) is 0.400. The predicted molar refractivity (Wildman–Crippen MR) is 79.9 cm³/mol. The summed E-state index contributed by atoms with van der Waals surface area (Å²) in [6.45, 7) is 5.11. The van der Waals surface area contributed by atoms with Crippen molar-refractivity contribution in [2.75, 3.05) is 13.2 Å². The van der Waals surface area contributed by atoms with Gasteiger partial charge in [0.15, 0.2) is 5.79 Å². The summed E-state index contributed by atoms with van der Waals surface area (Å²) in [7, 11) is 0. The Labute approximate surface area is 125 Å². The van der Waals surface area contributed by atoms with E-state index in [2.05, 4.69) is 17.4 Å². The molecule has 1 N–H and O–H groups in total. The van der Waals surface area contributed by atoms with E-state index in [0.717, 1.165) is 11.3 Å². The van der Waals surface area contributed by atoms with Gasteiger partial charge in [-0.05, 0) is 31.5 Å². The maximum atomic E-state index is 5.72. The molecular weight excluding hydrogens is 266 g/mol. The third-order valence-corrected chi connectivity index (χ3v) is 3.63. The summed E-state index contributed by atoms with van der Waals surface area (Å²) in [6, 6.07) is 14.3. The minimum atomic E-state index is -0.495. The van der Waals surface area contributed by atoms with Gasteiger partial charge in [0.1, 0.15) is 5.76 Å². The predicted octanol–water partition coefficient (Wildman–Crippen LogP) is 3.11. The normalized spacial score (nSPS) is 20.3. The lowest BCUT2D eigenvalue weighted by Crippen LogP contribution is -2.49. The third-order valence-electron chi connectivity index (χ3n) is 3.63. The van der Waals surface area contributed by atoms with Crippen LogP contribution in [0.3, 0.4) is 0 Å². The van der Waals surface area contributed by atoms with Gasteiger partial charge >= 0.3 is 0 Å². The molecule has 2 heterocycles. The monoisotopic (exact) mass is 287 g/mol. The van der Waals surface area contributed by atoms with Crippen LogP contribution in [0.25, 0.3) is 0 Å². The molecule has 0 bridgehead atoms. The van der Waals surface area contributed by atoms with Crippen LogP contribution in [0, 0.1) is 0 Å². The lowest BCUT2D eigenvalue weighted by molar-refractivity contribution is -0.253. The second-order valence-electron chi connectivity index (χ2n) is 5.74. The van der Waals surface area contributed by atoms with Gasteiger partial charge in [0.2, 0.25) is 0 Å². The van der Waals surface area contributed by atoms with E-state index in [1.165, 1.54) is 0 Å².